The van der Waals surface area contributed by atoms with Gasteiger partial charge in [0, 0.05) is 6.42 Å². The van der Waals surface area contributed by atoms with Crippen molar-refractivity contribution in [3.8, 4) is 0 Å². The van der Waals surface area contributed by atoms with Crippen LogP contribution in [-0.2, 0) is 9.59 Å². The minimum absolute atomic E-state index is 0.164. The third-order valence-corrected chi connectivity index (χ3v) is 2.57. The largest absolute Gasteiger partial charge is 0.480 e. The van der Waals surface area contributed by atoms with Crippen molar-refractivity contribution in [3.63, 3.8) is 0 Å². The van der Waals surface area contributed by atoms with Crippen LogP contribution < -0.4 is 5.32 Å². The Labute approximate surface area is 97.4 Å². The summed E-state index contributed by atoms with van der Waals surface area (Å²) in [7, 11) is 0. The van der Waals surface area contributed by atoms with Crippen LogP contribution in [0.15, 0.2) is 0 Å². The van der Waals surface area contributed by atoms with E-state index in [2.05, 4.69) is 5.32 Å². The Kier molecular flexibility index (Phi) is 6.77. The normalized spacial score (nSPS) is 14.6. The Morgan fingerprint density at radius 3 is 2.19 bits per heavy atom. The number of amides is 1. The van der Waals surface area contributed by atoms with Gasteiger partial charge in [-0.2, -0.15) is 0 Å². The van der Waals surface area contributed by atoms with Crippen LogP contribution in [0.5, 0.6) is 0 Å². The Morgan fingerprint density at radius 1 is 1.25 bits per heavy atom. The topological polar surface area (TPSA) is 66.4 Å². The summed E-state index contributed by atoms with van der Waals surface area (Å²) in [6.07, 6.45) is 1.80. The molecule has 0 saturated heterocycles. The maximum absolute atomic E-state index is 11.5. The van der Waals surface area contributed by atoms with Crippen LogP contribution in [0.25, 0.3) is 0 Å². The molecule has 2 atom stereocenters. The molecule has 2 N–H and O–H groups in total. The van der Waals surface area contributed by atoms with Gasteiger partial charge in [0.05, 0.1) is 0 Å². The van der Waals surface area contributed by atoms with Gasteiger partial charge in [-0.3, -0.25) is 4.79 Å². The SMILES string of the molecule is CCC(C)CC(=O)N[C@H](CC(C)C)C(=O)O. The number of nitrogens with one attached hydrogen (secondary N) is 1. The monoisotopic (exact) mass is 229 g/mol. The Morgan fingerprint density at radius 2 is 1.81 bits per heavy atom. The fraction of sp³-hybridized carbons (Fsp3) is 0.833. The van der Waals surface area contributed by atoms with E-state index in [4.69, 9.17) is 5.11 Å². The molecule has 0 spiro atoms. The van der Waals surface area contributed by atoms with Gasteiger partial charge in [0.25, 0.3) is 0 Å². The molecule has 0 rings (SSSR count). The Balaban J connectivity index is 4.18. The molecule has 0 aromatic carbocycles. The molecule has 16 heavy (non-hydrogen) atoms. The quantitative estimate of drug-likeness (QED) is 0.702. The lowest BCUT2D eigenvalue weighted by Crippen LogP contribution is -2.42. The van der Waals surface area contributed by atoms with E-state index in [9.17, 15) is 9.59 Å². The molecule has 0 aliphatic carbocycles. The molecular weight excluding hydrogens is 206 g/mol. The van der Waals surface area contributed by atoms with E-state index in [0.29, 0.717) is 18.8 Å². The molecule has 0 aromatic rings. The van der Waals surface area contributed by atoms with Gasteiger partial charge in [-0.05, 0) is 18.3 Å². The van der Waals surface area contributed by atoms with E-state index in [1.54, 1.807) is 0 Å². The van der Waals surface area contributed by atoms with Crippen LogP contribution in [0, 0.1) is 11.8 Å². The first kappa shape index (κ1) is 14.9. The average Bonchev–Trinajstić information content (AvgIpc) is 2.15. The molecule has 0 aliphatic rings. The molecule has 0 bridgehead atoms. The molecular formula is C12H23NO3. The first-order chi connectivity index (χ1) is 7.36. The third-order valence-electron chi connectivity index (χ3n) is 2.57. The predicted molar refractivity (Wildman–Crippen MR) is 63.1 cm³/mol. The highest BCUT2D eigenvalue weighted by molar-refractivity contribution is 5.83. The third kappa shape index (κ3) is 6.43. The lowest BCUT2D eigenvalue weighted by Gasteiger charge is -2.17. The zero-order valence-electron chi connectivity index (χ0n) is 10.6. The van der Waals surface area contributed by atoms with E-state index in [1.807, 2.05) is 27.7 Å². The number of hydrogen-bond acceptors (Lipinski definition) is 2. The molecule has 0 aliphatic heterocycles. The summed E-state index contributed by atoms with van der Waals surface area (Å²) in [6, 6.07) is -0.753. The van der Waals surface area contributed by atoms with E-state index in [-0.39, 0.29) is 11.8 Å². The van der Waals surface area contributed by atoms with Crippen molar-refractivity contribution in [1.82, 2.24) is 5.32 Å². The first-order valence-corrected chi connectivity index (χ1v) is 5.88. The number of aliphatic carboxylic acids is 1. The van der Waals surface area contributed by atoms with Crippen molar-refractivity contribution < 1.29 is 14.7 Å². The zero-order chi connectivity index (χ0) is 12.7. The lowest BCUT2D eigenvalue weighted by atomic mass is 10.0. The zero-order valence-corrected chi connectivity index (χ0v) is 10.6. The molecule has 0 aromatic heterocycles. The Hall–Kier alpha value is -1.06. The highest BCUT2D eigenvalue weighted by Crippen LogP contribution is 2.08. The molecule has 0 fully saturated rings. The summed E-state index contributed by atoms with van der Waals surface area (Å²) < 4.78 is 0. The molecule has 4 heteroatoms. The molecule has 0 heterocycles. The number of hydrogen-bond donors (Lipinski definition) is 2. The van der Waals surface area contributed by atoms with Crippen LogP contribution in [-0.4, -0.2) is 23.0 Å². The average molecular weight is 229 g/mol. The minimum atomic E-state index is -0.953. The molecule has 0 radical (unpaired) electrons. The maximum Gasteiger partial charge on any atom is 0.326 e. The molecule has 1 amide bonds. The second-order valence-corrected chi connectivity index (χ2v) is 4.81. The predicted octanol–water partition coefficient (Wildman–Crippen LogP) is 2.04. The fourth-order valence-electron chi connectivity index (χ4n) is 1.41. The van der Waals surface area contributed by atoms with Gasteiger partial charge in [-0.25, -0.2) is 4.79 Å². The minimum Gasteiger partial charge on any atom is -0.480 e. The van der Waals surface area contributed by atoms with Gasteiger partial charge in [-0.1, -0.05) is 34.1 Å². The summed E-state index contributed by atoms with van der Waals surface area (Å²) >= 11 is 0. The van der Waals surface area contributed by atoms with Gasteiger partial charge in [0.1, 0.15) is 6.04 Å². The van der Waals surface area contributed by atoms with Crippen molar-refractivity contribution in [2.75, 3.05) is 0 Å². The Bertz CT molecular complexity index is 238. The summed E-state index contributed by atoms with van der Waals surface area (Å²) in [4.78, 5) is 22.4. The molecule has 4 nitrogen and oxygen atoms in total. The van der Waals surface area contributed by atoms with Crippen LogP contribution >= 0.6 is 0 Å². The van der Waals surface area contributed by atoms with Crippen molar-refractivity contribution in [2.24, 2.45) is 11.8 Å². The maximum atomic E-state index is 11.5. The molecule has 94 valence electrons. The smallest absolute Gasteiger partial charge is 0.326 e. The van der Waals surface area contributed by atoms with Crippen LogP contribution in [0.1, 0.15) is 47.0 Å². The van der Waals surface area contributed by atoms with E-state index in [0.717, 1.165) is 6.42 Å². The number of carboxylic acid groups (broad SMARTS) is 1. The van der Waals surface area contributed by atoms with E-state index >= 15 is 0 Å². The van der Waals surface area contributed by atoms with Gasteiger partial charge < -0.3 is 10.4 Å². The number of rotatable bonds is 7. The van der Waals surface area contributed by atoms with Crippen molar-refractivity contribution in [1.29, 1.82) is 0 Å². The van der Waals surface area contributed by atoms with Crippen LogP contribution in [0.3, 0.4) is 0 Å². The highest BCUT2D eigenvalue weighted by atomic mass is 16.4. The summed E-state index contributed by atoms with van der Waals surface area (Å²) in [6.45, 7) is 7.88. The highest BCUT2D eigenvalue weighted by Gasteiger charge is 2.21. The van der Waals surface area contributed by atoms with Gasteiger partial charge in [-0.15, -0.1) is 0 Å². The van der Waals surface area contributed by atoms with Gasteiger partial charge in [0.15, 0.2) is 0 Å². The summed E-state index contributed by atoms with van der Waals surface area (Å²) in [5.74, 6) is -0.563. The fourth-order valence-corrected chi connectivity index (χ4v) is 1.41. The number of carbonyl (C=O) groups is 2. The summed E-state index contributed by atoms with van der Waals surface area (Å²) in [5.41, 5.74) is 0. The lowest BCUT2D eigenvalue weighted by molar-refractivity contribution is -0.142. The van der Waals surface area contributed by atoms with Crippen molar-refractivity contribution in [2.45, 2.75) is 53.0 Å². The van der Waals surface area contributed by atoms with Crippen LogP contribution in [0.4, 0.5) is 0 Å². The first-order valence-electron chi connectivity index (χ1n) is 5.88. The molecule has 0 saturated carbocycles. The van der Waals surface area contributed by atoms with Crippen molar-refractivity contribution in [3.05, 3.63) is 0 Å². The second-order valence-electron chi connectivity index (χ2n) is 4.81. The van der Waals surface area contributed by atoms with Gasteiger partial charge in [0.2, 0.25) is 5.91 Å². The number of carbonyl (C=O) groups excluding carboxylic acids is 1. The second kappa shape index (κ2) is 7.25. The summed E-state index contributed by atoms with van der Waals surface area (Å²) in [5, 5.41) is 11.5. The standard InChI is InChI=1S/C12H23NO3/c1-5-9(4)7-11(14)13-10(12(15)16)6-8(2)3/h8-10H,5-7H2,1-4H3,(H,13,14)(H,15,16)/t9?,10-/m1/s1. The van der Waals surface area contributed by atoms with Crippen molar-refractivity contribution >= 4 is 11.9 Å². The van der Waals surface area contributed by atoms with Crippen LogP contribution in [0.2, 0.25) is 0 Å². The van der Waals surface area contributed by atoms with Gasteiger partial charge >= 0.3 is 5.97 Å². The van der Waals surface area contributed by atoms with E-state index in [1.165, 1.54) is 0 Å². The number of carboxylic acids is 1. The van der Waals surface area contributed by atoms with E-state index < -0.39 is 12.0 Å². The molecule has 1 unspecified atom stereocenters.